The molecule has 2 aromatic heterocycles. The van der Waals surface area contributed by atoms with Crippen molar-refractivity contribution in [2.45, 2.75) is 123 Å². The summed E-state index contributed by atoms with van der Waals surface area (Å²) in [5.74, 6) is 0.670. The summed E-state index contributed by atoms with van der Waals surface area (Å²) in [5.41, 5.74) is 16.4. The van der Waals surface area contributed by atoms with Gasteiger partial charge in [-0.05, 0) is 159 Å². The Hall–Kier alpha value is -6.40. The fourth-order valence-electron chi connectivity index (χ4n) is 11.3. The first-order chi connectivity index (χ1) is 34.1. The van der Waals surface area contributed by atoms with Crippen molar-refractivity contribution in [1.82, 2.24) is 0 Å². The minimum atomic E-state index is -1.22. The first-order valence-corrected chi connectivity index (χ1v) is 27.2. The van der Waals surface area contributed by atoms with Crippen molar-refractivity contribution in [3.63, 3.8) is 0 Å². The van der Waals surface area contributed by atoms with E-state index >= 15 is 0 Å². The highest BCUT2D eigenvalue weighted by molar-refractivity contribution is 7.24. The zero-order valence-electron chi connectivity index (χ0n) is 42.4. The zero-order chi connectivity index (χ0) is 49.8. The van der Waals surface area contributed by atoms with E-state index in [2.05, 4.69) is 157 Å². The molecule has 8 heteroatoms. The van der Waals surface area contributed by atoms with E-state index in [1.165, 1.54) is 122 Å². The summed E-state index contributed by atoms with van der Waals surface area (Å²) < 4.78 is 12.7. The Kier molecular flexibility index (Phi) is 12.9. The molecule has 3 aliphatic carbocycles. The fraction of sp³-hybridized carbons (Fsp3) is 0.333. The zero-order valence-corrected chi connectivity index (χ0v) is 44.1. The number of carboxylic acids is 1. The molecule has 0 fully saturated rings. The maximum atomic E-state index is 11.6. The van der Waals surface area contributed by atoms with Gasteiger partial charge >= 0.3 is 5.97 Å². The molecular formula is C63H64N2O4S2. The van der Waals surface area contributed by atoms with E-state index in [0.29, 0.717) is 0 Å². The molecule has 0 atom stereocenters. The number of thiophene rings is 2. The molecule has 7 aromatic rings. The van der Waals surface area contributed by atoms with Gasteiger partial charge in [0.1, 0.15) is 23.1 Å². The second kappa shape index (κ2) is 19.0. The first-order valence-electron chi connectivity index (χ1n) is 25.5. The number of anilines is 3. The second-order valence-corrected chi connectivity index (χ2v) is 23.3. The Bertz CT molecular complexity index is 3160. The van der Waals surface area contributed by atoms with Crippen LogP contribution in [0.1, 0.15) is 145 Å². The van der Waals surface area contributed by atoms with Crippen molar-refractivity contribution in [3.8, 4) is 60.0 Å². The molecule has 0 saturated carbocycles. The summed E-state index contributed by atoms with van der Waals surface area (Å²) in [6, 6.07) is 42.6. The number of ether oxygens (including phenoxy) is 2. The Labute approximate surface area is 428 Å². The fourth-order valence-corrected chi connectivity index (χ4v) is 13.7. The van der Waals surface area contributed by atoms with Gasteiger partial charge < -0.3 is 19.5 Å². The predicted octanol–water partition coefficient (Wildman–Crippen LogP) is 17.8. The largest absolute Gasteiger partial charge is 0.494 e. The van der Waals surface area contributed by atoms with Crippen molar-refractivity contribution in [2.75, 3.05) is 18.1 Å². The third kappa shape index (κ3) is 8.59. The van der Waals surface area contributed by atoms with E-state index in [0.717, 1.165) is 69.2 Å². The van der Waals surface area contributed by atoms with E-state index in [9.17, 15) is 15.2 Å². The molecule has 0 unspecified atom stereocenters. The lowest BCUT2D eigenvalue weighted by atomic mass is 9.81. The molecule has 6 nitrogen and oxygen atoms in total. The topological polar surface area (TPSA) is 82.8 Å². The van der Waals surface area contributed by atoms with E-state index in [1.807, 2.05) is 12.1 Å². The number of nitriles is 1. The van der Waals surface area contributed by atoms with Gasteiger partial charge in [-0.25, -0.2) is 4.79 Å². The molecule has 2 heterocycles. The van der Waals surface area contributed by atoms with Crippen LogP contribution in [0, 0.1) is 11.3 Å². The Balaban J connectivity index is 1.03. The number of fused-ring (bicyclic) bond motifs is 9. The monoisotopic (exact) mass is 976 g/mol. The highest BCUT2D eigenvalue weighted by Gasteiger charge is 2.41. The summed E-state index contributed by atoms with van der Waals surface area (Å²) in [5, 5.41) is 18.8. The number of rotatable bonds is 18. The highest BCUT2D eigenvalue weighted by Crippen LogP contribution is 2.58. The SMILES string of the molecule is CCCCCCOc1ccc2c(c1)C(C)(C)c1cc(N(c3ccc4c(c3)C(C)(C)c3cc(OCCCCCC)ccc3-4)c3ccc4c(c3)C(C)(C)c3cc(-c5ccc(/C=C(/C#N)C(=O)O)s5)sc3-4)ccc1-2. The number of aliphatic carboxylic acids is 1. The molecule has 5 aromatic carbocycles. The van der Waals surface area contributed by atoms with Crippen LogP contribution in [0.4, 0.5) is 17.1 Å². The molecule has 0 bridgehead atoms. The first kappa shape index (κ1) is 48.2. The van der Waals surface area contributed by atoms with Gasteiger partial charge in [-0.1, -0.05) is 124 Å². The number of benzene rings is 5. The van der Waals surface area contributed by atoms with Gasteiger partial charge in [0.15, 0.2) is 0 Å². The van der Waals surface area contributed by atoms with Gasteiger partial charge in [0.25, 0.3) is 0 Å². The number of nitrogens with zero attached hydrogens (tertiary/aromatic N) is 2. The molecule has 10 rings (SSSR count). The lowest BCUT2D eigenvalue weighted by Crippen LogP contribution is -2.19. The van der Waals surface area contributed by atoms with Crippen molar-refractivity contribution < 1.29 is 19.4 Å². The third-order valence-corrected chi connectivity index (χ3v) is 17.8. The van der Waals surface area contributed by atoms with Gasteiger partial charge in [0.2, 0.25) is 0 Å². The van der Waals surface area contributed by atoms with Crippen LogP contribution in [0.2, 0.25) is 0 Å². The van der Waals surface area contributed by atoms with Crippen molar-refractivity contribution in [2.24, 2.45) is 0 Å². The van der Waals surface area contributed by atoms with Crippen LogP contribution >= 0.6 is 22.7 Å². The Morgan fingerprint density at radius 2 is 1.00 bits per heavy atom. The minimum absolute atomic E-state index is 0.245. The molecule has 0 amide bonds. The van der Waals surface area contributed by atoms with E-state index in [4.69, 9.17) is 9.47 Å². The van der Waals surface area contributed by atoms with Crippen molar-refractivity contribution in [3.05, 3.63) is 153 Å². The van der Waals surface area contributed by atoms with E-state index in [-0.39, 0.29) is 21.8 Å². The van der Waals surface area contributed by atoms with Crippen LogP contribution in [0.3, 0.4) is 0 Å². The number of hydrogen-bond donors (Lipinski definition) is 1. The molecule has 1 N–H and O–H groups in total. The van der Waals surface area contributed by atoms with Crippen LogP contribution in [0.5, 0.6) is 11.5 Å². The molecule has 362 valence electrons. The van der Waals surface area contributed by atoms with Crippen LogP contribution in [-0.2, 0) is 21.0 Å². The quantitative estimate of drug-likeness (QED) is 0.0524. The van der Waals surface area contributed by atoms with Crippen LogP contribution < -0.4 is 14.4 Å². The van der Waals surface area contributed by atoms with Crippen molar-refractivity contribution in [1.29, 1.82) is 5.26 Å². The number of carbonyl (C=O) groups is 1. The second-order valence-electron chi connectivity index (χ2n) is 21.2. The van der Waals surface area contributed by atoms with Gasteiger partial charge in [0, 0.05) is 52.8 Å². The highest BCUT2D eigenvalue weighted by atomic mass is 32.1. The smallest absolute Gasteiger partial charge is 0.346 e. The standard InChI is InChI=1S/C63H64N2O4S2/c1-9-11-13-15-29-68-43-20-26-48-46-23-17-40(32-51(46)61(3,4)54(48)35-43)65(41-18-24-47-49-27-21-44(69-30-16-14-12-10-2)36-55(49)62(5,6)52(47)33-41)42-19-25-50-53(34-42)63(7,8)56-37-58(71-59(50)56)57-28-22-45(70-57)31-39(38-64)60(66)67/h17-28,31-37H,9-16,29-30H2,1-8H3,(H,66,67)/b39-31-. The average Bonchev–Trinajstić information content (AvgIpc) is 4.15. The van der Waals surface area contributed by atoms with Crippen LogP contribution in [0.15, 0.2) is 115 Å². The molecule has 0 aliphatic heterocycles. The van der Waals surface area contributed by atoms with E-state index in [1.54, 1.807) is 17.4 Å². The lowest BCUT2D eigenvalue weighted by Gasteiger charge is -2.31. The van der Waals surface area contributed by atoms with Crippen LogP contribution in [0.25, 0.3) is 48.5 Å². The molecule has 0 radical (unpaired) electrons. The van der Waals surface area contributed by atoms with Gasteiger partial charge in [-0.3, -0.25) is 0 Å². The van der Waals surface area contributed by atoms with Crippen molar-refractivity contribution >= 4 is 51.8 Å². The van der Waals surface area contributed by atoms with Gasteiger partial charge in [0.05, 0.1) is 13.2 Å². The summed E-state index contributed by atoms with van der Waals surface area (Å²) in [6.45, 7) is 20.0. The maximum absolute atomic E-state index is 11.6. The molecule has 0 saturated heterocycles. The predicted molar refractivity (Wildman–Crippen MR) is 296 cm³/mol. The summed E-state index contributed by atoms with van der Waals surface area (Å²) in [4.78, 5) is 18.2. The minimum Gasteiger partial charge on any atom is -0.494 e. The molecular weight excluding hydrogens is 913 g/mol. The summed E-state index contributed by atoms with van der Waals surface area (Å²) >= 11 is 3.29. The number of unbranched alkanes of at least 4 members (excludes halogenated alkanes) is 6. The maximum Gasteiger partial charge on any atom is 0.346 e. The molecule has 3 aliphatic rings. The Morgan fingerprint density at radius 1 is 0.549 bits per heavy atom. The normalized spacial score (nSPS) is 15.0. The van der Waals surface area contributed by atoms with E-state index < -0.39 is 5.97 Å². The van der Waals surface area contributed by atoms with Crippen LogP contribution in [-0.4, -0.2) is 24.3 Å². The lowest BCUT2D eigenvalue weighted by molar-refractivity contribution is -0.132. The number of carboxylic acid groups (broad SMARTS) is 1. The van der Waals surface area contributed by atoms with Gasteiger partial charge in [-0.15, -0.1) is 22.7 Å². The van der Waals surface area contributed by atoms with Gasteiger partial charge in [-0.2, -0.15) is 5.26 Å². The average molecular weight is 977 g/mol. The Morgan fingerprint density at radius 3 is 1.48 bits per heavy atom. The third-order valence-electron chi connectivity index (χ3n) is 15.4. The molecule has 0 spiro atoms. The number of hydrogen-bond acceptors (Lipinski definition) is 7. The summed E-state index contributed by atoms with van der Waals surface area (Å²) in [7, 11) is 0. The summed E-state index contributed by atoms with van der Waals surface area (Å²) in [6.07, 6.45) is 10.9. The molecule has 71 heavy (non-hydrogen) atoms.